The average molecular weight is 461 g/mol. The van der Waals surface area contributed by atoms with Crippen molar-refractivity contribution >= 4 is 12.4 Å². The molecular formula is C28H32N2O4. The number of carbonyl (C=O) groups is 2. The molecule has 3 rings (SSSR count). The van der Waals surface area contributed by atoms with Crippen molar-refractivity contribution in [2.75, 3.05) is 13.7 Å². The molecule has 0 aromatic heterocycles. The molecule has 0 bridgehead atoms. The first-order chi connectivity index (χ1) is 16.4. The monoisotopic (exact) mass is 460 g/mol. The summed E-state index contributed by atoms with van der Waals surface area (Å²) in [6.45, 7) is 4.88. The Kier molecular flexibility index (Phi) is 8.82. The van der Waals surface area contributed by atoms with Crippen LogP contribution in [-0.4, -0.2) is 38.2 Å². The molecule has 6 heteroatoms. The molecule has 0 fully saturated rings. The van der Waals surface area contributed by atoms with E-state index in [0.29, 0.717) is 25.0 Å². The number of carbonyl (C=O) groups excluding carboxylic acids is 2. The lowest BCUT2D eigenvalue weighted by Crippen LogP contribution is -2.52. The van der Waals surface area contributed by atoms with E-state index in [1.165, 1.54) is 0 Å². The second-order valence-corrected chi connectivity index (χ2v) is 8.64. The third-order valence-electron chi connectivity index (χ3n) is 5.87. The fourth-order valence-corrected chi connectivity index (χ4v) is 3.81. The third-order valence-corrected chi connectivity index (χ3v) is 5.87. The summed E-state index contributed by atoms with van der Waals surface area (Å²) in [5, 5.41) is 6.58. The Morgan fingerprint density at radius 2 is 1.65 bits per heavy atom. The van der Waals surface area contributed by atoms with Gasteiger partial charge in [0.2, 0.25) is 0 Å². The minimum Gasteiger partial charge on any atom is -0.497 e. The predicted molar refractivity (Wildman–Crippen MR) is 133 cm³/mol. The van der Waals surface area contributed by atoms with E-state index in [1.807, 2.05) is 72.8 Å². The summed E-state index contributed by atoms with van der Waals surface area (Å²) in [7, 11) is 1.64. The van der Waals surface area contributed by atoms with Gasteiger partial charge in [0.05, 0.1) is 13.2 Å². The molecule has 3 aromatic rings. The van der Waals surface area contributed by atoms with Crippen molar-refractivity contribution in [1.29, 1.82) is 0 Å². The van der Waals surface area contributed by atoms with E-state index in [2.05, 4.69) is 24.5 Å². The second-order valence-electron chi connectivity index (χ2n) is 8.64. The lowest BCUT2D eigenvalue weighted by atomic mass is 9.93. The fraction of sp³-hybridized carbons (Fsp3) is 0.286. The molecule has 2 N–H and O–H groups in total. The van der Waals surface area contributed by atoms with Gasteiger partial charge in [-0.1, -0.05) is 60.7 Å². The number of amides is 1. The molecule has 6 nitrogen and oxygen atoms in total. The highest BCUT2D eigenvalue weighted by atomic mass is 16.5. The van der Waals surface area contributed by atoms with Crippen LogP contribution in [0, 0.1) is 0 Å². The number of ether oxygens (including phenoxy) is 2. The van der Waals surface area contributed by atoms with Crippen LogP contribution in [0.4, 0.5) is 0 Å². The molecule has 0 saturated heterocycles. The molecule has 3 aromatic carbocycles. The van der Waals surface area contributed by atoms with E-state index in [4.69, 9.17) is 9.47 Å². The van der Waals surface area contributed by atoms with Gasteiger partial charge in [-0.25, -0.2) is 0 Å². The van der Waals surface area contributed by atoms with Crippen LogP contribution in [0.1, 0.15) is 35.3 Å². The van der Waals surface area contributed by atoms with Crippen molar-refractivity contribution in [3.8, 4) is 5.75 Å². The Morgan fingerprint density at radius 1 is 0.971 bits per heavy atom. The molecule has 34 heavy (non-hydrogen) atoms. The first kappa shape index (κ1) is 25.0. The Hall–Kier alpha value is -3.64. The maximum Gasteiger partial charge on any atom is 0.293 e. The lowest BCUT2D eigenvalue weighted by molar-refractivity contribution is -0.134. The van der Waals surface area contributed by atoms with Crippen LogP contribution in [0.5, 0.6) is 5.75 Å². The molecule has 0 spiro atoms. The van der Waals surface area contributed by atoms with Crippen molar-refractivity contribution in [1.82, 2.24) is 10.6 Å². The molecule has 0 radical (unpaired) electrons. The fourth-order valence-electron chi connectivity index (χ4n) is 3.81. The van der Waals surface area contributed by atoms with Crippen molar-refractivity contribution in [3.63, 3.8) is 0 Å². The van der Waals surface area contributed by atoms with Gasteiger partial charge in [0.25, 0.3) is 12.4 Å². The first-order valence-electron chi connectivity index (χ1n) is 11.3. The third kappa shape index (κ3) is 6.93. The minimum atomic E-state index is -0.588. The van der Waals surface area contributed by atoms with Crippen molar-refractivity contribution in [2.45, 2.75) is 38.0 Å². The zero-order valence-electron chi connectivity index (χ0n) is 19.9. The quantitative estimate of drug-likeness (QED) is 0.398. The van der Waals surface area contributed by atoms with Crippen molar-refractivity contribution in [2.24, 2.45) is 0 Å². The maximum absolute atomic E-state index is 13.0. The summed E-state index contributed by atoms with van der Waals surface area (Å²) in [5.74, 6) is 0.554. The van der Waals surface area contributed by atoms with Gasteiger partial charge in [0.15, 0.2) is 0 Å². The minimum absolute atomic E-state index is 0.215. The maximum atomic E-state index is 13.0. The zero-order chi connectivity index (χ0) is 24.4. The Balaban J connectivity index is 1.80. The van der Waals surface area contributed by atoms with Crippen LogP contribution < -0.4 is 15.4 Å². The normalized spacial score (nSPS) is 12.9. The van der Waals surface area contributed by atoms with Gasteiger partial charge in [0, 0.05) is 17.6 Å². The van der Waals surface area contributed by atoms with Crippen LogP contribution >= 0.6 is 0 Å². The van der Waals surface area contributed by atoms with Crippen LogP contribution in [0.25, 0.3) is 0 Å². The number of methoxy groups -OCH3 is 1. The molecule has 1 amide bonds. The SMILES string of the molecule is COc1cccc(C(C)(C)NC[C@@H](OC=O)[C@H](Cc2ccccc2)NC(=O)c2ccccc2)c1. The van der Waals surface area contributed by atoms with E-state index in [1.54, 1.807) is 19.2 Å². The second kappa shape index (κ2) is 12.0. The molecule has 0 aliphatic heterocycles. The standard InChI is InChI=1S/C28H32N2O4/c1-28(2,23-15-10-16-24(18-23)33-3)29-19-26(34-20-31)25(17-21-11-6-4-7-12-21)30-27(32)22-13-8-5-9-14-22/h4-16,18,20,25-26,29H,17,19H2,1-3H3,(H,30,32)/t25-,26+/m0/s1. The lowest BCUT2D eigenvalue weighted by Gasteiger charge is -2.32. The Morgan fingerprint density at radius 3 is 2.29 bits per heavy atom. The Bertz CT molecular complexity index is 1050. The van der Waals surface area contributed by atoms with Gasteiger partial charge < -0.3 is 20.1 Å². The van der Waals surface area contributed by atoms with Gasteiger partial charge in [-0.15, -0.1) is 0 Å². The van der Waals surface area contributed by atoms with Crippen molar-refractivity contribution < 1.29 is 19.1 Å². The molecule has 0 unspecified atom stereocenters. The van der Waals surface area contributed by atoms with E-state index in [-0.39, 0.29) is 5.91 Å². The molecule has 0 aliphatic rings. The molecule has 2 atom stereocenters. The van der Waals surface area contributed by atoms with Crippen LogP contribution in [0.15, 0.2) is 84.9 Å². The molecule has 0 heterocycles. The summed E-state index contributed by atoms with van der Waals surface area (Å²) in [4.78, 5) is 24.4. The summed E-state index contributed by atoms with van der Waals surface area (Å²) >= 11 is 0. The topological polar surface area (TPSA) is 76.7 Å². The van der Waals surface area contributed by atoms with E-state index >= 15 is 0 Å². The van der Waals surface area contributed by atoms with Crippen LogP contribution in [0.2, 0.25) is 0 Å². The van der Waals surface area contributed by atoms with Gasteiger partial charge >= 0.3 is 0 Å². The largest absolute Gasteiger partial charge is 0.497 e. The predicted octanol–water partition coefficient (Wildman–Crippen LogP) is 4.10. The molecular weight excluding hydrogens is 428 g/mol. The van der Waals surface area contributed by atoms with Crippen LogP contribution in [-0.2, 0) is 21.5 Å². The number of hydrogen-bond donors (Lipinski definition) is 2. The van der Waals surface area contributed by atoms with Gasteiger partial charge in [-0.2, -0.15) is 0 Å². The highest BCUT2D eigenvalue weighted by Gasteiger charge is 2.29. The number of benzene rings is 3. The highest BCUT2D eigenvalue weighted by Crippen LogP contribution is 2.24. The van der Waals surface area contributed by atoms with Gasteiger partial charge in [-0.3, -0.25) is 9.59 Å². The van der Waals surface area contributed by atoms with Crippen molar-refractivity contribution in [3.05, 3.63) is 102 Å². The smallest absolute Gasteiger partial charge is 0.293 e. The summed E-state index contributed by atoms with van der Waals surface area (Å²) < 4.78 is 10.9. The van der Waals surface area contributed by atoms with E-state index < -0.39 is 17.7 Å². The van der Waals surface area contributed by atoms with E-state index in [9.17, 15) is 9.59 Å². The van der Waals surface area contributed by atoms with Gasteiger partial charge in [-0.05, 0) is 55.7 Å². The number of nitrogens with one attached hydrogen (secondary N) is 2. The van der Waals surface area contributed by atoms with Crippen LogP contribution in [0.3, 0.4) is 0 Å². The number of rotatable bonds is 12. The molecule has 178 valence electrons. The summed E-state index contributed by atoms with van der Waals surface area (Å²) in [5.41, 5.74) is 2.19. The molecule has 0 aliphatic carbocycles. The van der Waals surface area contributed by atoms with Gasteiger partial charge in [0.1, 0.15) is 11.9 Å². The summed E-state index contributed by atoms with van der Waals surface area (Å²) in [6.07, 6.45) is -0.0746. The zero-order valence-corrected chi connectivity index (χ0v) is 19.9. The summed E-state index contributed by atoms with van der Waals surface area (Å²) in [6, 6.07) is 26.2. The van der Waals surface area contributed by atoms with E-state index in [0.717, 1.165) is 16.9 Å². The average Bonchev–Trinajstić information content (AvgIpc) is 2.87. The number of hydrogen-bond acceptors (Lipinski definition) is 5. The first-order valence-corrected chi connectivity index (χ1v) is 11.3. The highest BCUT2D eigenvalue weighted by molar-refractivity contribution is 5.94. The molecule has 0 saturated carbocycles. The Labute approximate surface area is 201 Å².